The van der Waals surface area contributed by atoms with E-state index in [4.69, 9.17) is 9.15 Å². The molecule has 2 aromatic rings. The van der Waals surface area contributed by atoms with Gasteiger partial charge in [0.2, 0.25) is 5.88 Å². The number of aromatic nitrogens is 1. The first-order chi connectivity index (χ1) is 9.10. The van der Waals surface area contributed by atoms with Gasteiger partial charge in [0, 0.05) is 30.4 Å². The van der Waals surface area contributed by atoms with Crippen molar-refractivity contribution in [3.8, 4) is 5.88 Å². The fourth-order valence-corrected chi connectivity index (χ4v) is 2.10. The third kappa shape index (κ3) is 3.35. The smallest absolute Gasteiger partial charge is 0.212 e. The zero-order valence-electron chi connectivity index (χ0n) is 11.9. The molecule has 0 radical (unpaired) electrons. The Morgan fingerprint density at radius 2 is 2.16 bits per heavy atom. The Balaban J connectivity index is 1.96. The molecule has 0 fully saturated rings. The number of aryl methyl sites for hydroxylation is 2. The van der Waals surface area contributed by atoms with Crippen LogP contribution in [0, 0.1) is 13.8 Å². The molecule has 0 amide bonds. The van der Waals surface area contributed by atoms with Crippen molar-refractivity contribution in [1.29, 1.82) is 0 Å². The molecule has 2 heterocycles. The zero-order valence-corrected chi connectivity index (χ0v) is 11.9. The van der Waals surface area contributed by atoms with Crippen LogP contribution < -0.4 is 10.1 Å². The van der Waals surface area contributed by atoms with E-state index in [9.17, 15) is 0 Å². The number of nitrogens with zero attached hydrogens (tertiary/aromatic N) is 1. The fourth-order valence-electron chi connectivity index (χ4n) is 2.10. The van der Waals surface area contributed by atoms with Crippen molar-refractivity contribution in [2.24, 2.45) is 0 Å². The van der Waals surface area contributed by atoms with Crippen molar-refractivity contribution < 1.29 is 9.15 Å². The number of methoxy groups -OCH3 is 1. The van der Waals surface area contributed by atoms with Crippen LogP contribution in [0.4, 0.5) is 0 Å². The Bertz CT molecular complexity index is 532. The van der Waals surface area contributed by atoms with E-state index in [0.717, 1.165) is 23.6 Å². The fraction of sp³-hybridized carbons (Fsp3) is 0.400. The largest absolute Gasteiger partial charge is 0.481 e. The molecular formula is C15H20N2O2. The van der Waals surface area contributed by atoms with Gasteiger partial charge >= 0.3 is 0 Å². The molecule has 1 unspecified atom stereocenters. The van der Waals surface area contributed by atoms with E-state index in [1.807, 2.05) is 32.2 Å². The van der Waals surface area contributed by atoms with Crippen molar-refractivity contribution >= 4 is 0 Å². The van der Waals surface area contributed by atoms with Gasteiger partial charge in [0.15, 0.2) is 0 Å². The Hall–Kier alpha value is -1.81. The third-order valence-corrected chi connectivity index (χ3v) is 3.16. The number of furan rings is 1. The first kappa shape index (κ1) is 13.6. The minimum absolute atomic E-state index is 0.250. The lowest BCUT2D eigenvalue weighted by Gasteiger charge is -2.13. The molecule has 0 saturated heterocycles. The van der Waals surface area contributed by atoms with Crippen molar-refractivity contribution in [2.75, 3.05) is 7.11 Å². The van der Waals surface area contributed by atoms with E-state index in [1.54, 1.807) is 7.11 Å². The summed E-state index contributed by atoms with van der Waals surface area (Å²) in [6.45, 7) is 6.86. The van der Waals surface area contributed by atoms with Crippen LogP contribution in [0.3, 0.4) is 0 Å². The SMILES string of the molecule is COc1ccc(CNC(C)c2cc(C)oc2C)cn1. The van der Waals surface area contributed by atoms with Gasteiger partial charge in [-0.25, -0.2) is 4.98 Å². The van der Waals surface area contributed by atoms with E-state index in [1.165, 1.54) is 5.56 Å². The normalized spacial score (nSPS) is 12.4. The third-order valence-electron chi connectivity index (χ3n) is 3.16. The standard InChI is InChI=1S/C15H20N2O2/c1-10-7-14(12(3)19-10)11(2)16-8-13-5-6-15(18-4)17-9-13/h5-7,9,11,16H,8H2,1-4H3. The van der Waals surface area contributed by atoms with E-state index < -0.39 is 0 Å². The van der Waals surface area contributed by atoms with Crippen LogP contribution in [0.15, 0.2) is 28.8 Å². The van der Waals surface area contributed by atoms with Crippen LogP contribution in [0.5, 0.6) is 5.88 Å². The Morgan fingerprint density at radius 3 is 2.68 bits per heavy atom. The van der Waals surface area contributed by atoms with Crippen molar-refractivity contribution in [3.05, 3.63) is 47.0 Å². The highest BCUT2D eigenvalue weighted by Gasteiger charge is 2.12. The first-order valence-corrected chi connectivity index (χ1v) is 6.39. The summed E-state index contributed by atoms with van der Waals surface area (Å²) < 4.78 is 10.6. The second-order valence-corrected chi connectivity index (χ2v) is 4.68. The highest BCUT2D eigenvalue weighted by molar-refractivity contribution is 5.24. The quantitative estimate of drug-likeness (QED) is 0.897. The number of ether oxygens (including phenoxy) is 1. The van der Waals surface area contributed by atoms with E-state index in [2.05, 4.69) is 23.3 Å². The molecule has 0 saturated carbocycles. The number of nitrogens with one attached hydrogen (secondary N) is 1. The summed E-state index contributed by atoms with van der Waals surface area (Å²) in [6, 6.07) is 6.22. The number of pyridine rings is 1. The molecule has 1 atom stereocenters. The van der Waals surface area contributed by atoms with Crippen molar-refractivity contribution in [3.63, 3.8) is 0 Å². The van der Waals surface area contributed by atoms with Gasteiger partial charge in [-0.1, -0.05) is 6.07 Å². The molecule has 2 aromatic heterocycles. The van der Waals surface area contributed by atoms with Gasteiger partial charge in [-0.3, -0.25) is 0 Å². The van der Waals surface area contributed by atoms with E-state index in [0.29, 0.717) is 5.88 Å². The predicted octanol–water partition coefficient (Wildman–Crippen LogP) is 3.15. The van der Waals surface area contributed by atoms with Crippen molar-refractivity contribution in [2.45, 2.75) is 33.4 Å². The Morgan fingerprint density at radius 1 is 1.37 bits per heavy atom. The summed E-state index contributed by atoms with van der Waals surface area (Å²) in [5.74, 6) is 2.57. The first-order valence-electron chi connectivity index (χ1n) is 6.39. The van der Waals surface area contributed by atoms with Crippen LogP contribution in [0.1, 0.15) is 35.6 Å². The molecule has 0 bridgehead atoms. The zero-order chi connectivity index (χ0) is 13.8. The average molecular weight is 260 g/mol. The van der Waals surface area contributed by atoms with Gasteiger partial charge in [-0.05, 0) is 32.4 Å². The summed E-state index contributed by atoms with van der Waals surface area (Å²) in [5.41, 5.74) is 2.34. The molecule has 4 heteroatoms. The molecule has 0 aliphatic carbocycles. The van der Waals surface area contributed by atoms with Gasteiger partial charge in [-0.15, -0.1) is 0 Å². The monoisotopic (exact) mass is 260 g/mol. The molecule has 0 aliphatic rings. The lowest BCUT2D eigenvalue weighted by atomic mass is 10.1. The molecular weight excluding hydrogens is 240 g/mol. The Labute approximate surface area is 113 Å². The molecule has 2 rings (SSSR count). The average Bonchev–Trinajstić information content (AvgIpc) is 2.75. The maximum atomic E-state index is 5.55. The van der Waals surface area contributed by atoms with Crippen LogP contribution >= 0.6 is 0 Å². The van der Waals surface area contributed by atoms with Crippen LogP contribution in [0.25, 0.3) is 0 Å². The maximum Gasteiger partial charge on any atom is 0.212 e. The Kier molecular flexibility index (Phi) is 4.22. The highest BCUT2D eigenvalue weighted by atomic mass is 16.5. The van der Waals surface area contributed by atoms with Gasteiger partial charge in [0.1, 0.15) is 11.5 Å². The summed E-state index contributed by atoms with van der Waals surface area (Å²) >= 11 is 0. The minimum atomic E-state index is 0.250. The van der Waals surface area contributed by atoms with Gasteiger partial charge < -0.3 is 14.5 Å². The lowest BCUT2D eigenvalue weighted by molar-refractivity contribution is 0.397. The second kappa shape index (κ2) is 5.89. The molecule has 0 aromatic carbocycles. The van der Waals surface area contributed by atoms with Crippen molar-refractivity contribution in [1.82, 2.24) is 10.3 Å². The predicted molar refractivity (Wildman–Crippen MR) is 74.2 cm³/mol. The van der Waals surface area contributed by atoms with Gasteiger partial charge in [0.05, 0.1) is 7.11 Å². The number of hydrogen-bond acceptors (Lipinski definition) is 4. The summed E-state index contributed by atoms with van der Waals surface area (Å²) in [6.07, 6.45) is 1.83. The number of rotatable bonds is 5. The van der Waals surface area contributed by atoms with Gasteiger partial charge in [0.25, 0.3) is 0 Å². The van der Waals surface area contributed by atoms with Crippen LogP contribution in [0.2, 0.25) is 0 Å². The summed E-state index contributed by atoms with van der Waals surface area (Å²) in [5, 5.41) is 3.47. The molecule has 0 aliphatic heterocycles. The molecule has 19 heavy (non-hydrogen) atoms. The topological polar surface area (TPSA) is 47.3 Å². The highest BCUT2D eigenvalue weighted by Crippen LogP contribution is 2.21. The van der Waals surface area contributed by atoms with Crippen LogP contribution in [-0.2, 0) is 6.54 Å². The van der Waals surface area contributed by atoms with Crippen LogP contribution in [-0.4, -0.2) is 12.1 Å². The summed E-state index contributed by atoms with van der Waals surface area (Å²) in [4.78, 5) is 4.19. The van der Waals surface area contributed by atoms with E-state index in [-0.39, 0.29) is 6.04 Å². The molecule has 102 valence electrons. The van der Waals surface area contributed by atoms with E-state index >= 15 is 0 Å². The minimum Gasteiger partial charge on any atom is -0.481 e. The lowest BCUT2D eigenvalue weighted by Crippen LogP contribution is -2.18. The molecule has 4 nitrogen and oxygen atoms in total. The number of hydrogen-bond donors (Lipinski definition) is 1. The maximum absolute atomic E-state index is 5.55. The van der Waals surface area contributed by atoms with Gasteiger partial charge in [-0.2, -0.15) is 0 Å². The molecule has 1 N–H and O–H groups in total. The second-order valence-electron chi connectivity index (χ2n) is 4.68. The molecule has 0 spiro atoms. The summed E-state index contributed by atoms with van der Waals surface area (Å²) in [7, 11) is 1.62.